The molecule has 0 aliphatic carbocycles. The van der Waals surface area contributed by atoms with E-state index in [0.29, 0.717) is 25.4 Å². The van der Waals surface area contributed by atoms with Crippen LogP contribution >= 0.6 is 0 Å². The average Bonchev–Trinajstić information content (AvgIpc) is 2.30. The molecule has 5 heteroatoms. The molecule has 0 fully saturated rings. The number of rotatable bonds is 6. The lowest BCUT2D eigenvalue weighted by atomic mass is 10.2. The molecule has 1 heterocycles. The molecule has 0 saturated heterocycles. The number of hydrogen-bond donors (Lipinski definition) is 1. The summed E-state index contributed by atoms with van der Waals surface area (Å²) in [4.78, 5) is 19.4. The Morgan fingerprint density at radius 2 is 2.12 bits per heavy atom. The predicted octanol–water partition coefficient (Wildman–Crippen LogP) is 1.93. The van der Waals surface area contributed by atoms with Gasteiger partial charge in [0, 0.05) is 24.9 Å². The van der Waals surface area contributed by atoms with E-state index < -0.39 is 0 Å². The maximum absolute atomic E-state index is 11.2. The summed E-state index contributed by atoms with van der Waals surface area (Å²) in [6.07, 6.45) is 4.63. The Kier molecular flexibility index (Phi) is 5.39. The molecule has 0 aromatic carbocycles. The zero-order valence-electron chi connectivity index (χ0n) is 10.6. The van der Waals surface area contributed by atoms with Crippen molar-refractivity contribution in [3.63, 3.8) is 0 Å². The van der Waals surface area contributed by atoms with E-state index in [2.05, 4.69) is 15.3 Å². The molecule has 17 heavy (non-hydrogen) atoms. The summed E-state index contributed by atoms with van der Waals surface area (Å²) in [6, 6.07) is 0.141. The molecule has 0 bridgehead atoms. The van der Waals surface area contributed by atoms with E-state index in [4.69, 9.17) is 4.74 Å². The molecule has 0 radical (unpaired) electrons. The van der Waals surface area contributed by atoms with Gasteiger partial charge in [-0.05, 0) is 32.8 Å². The molecule has 1 atom stereocenters. The number of carbonyl (C=O) groups is 1. The topological polar surface area (TPSA) is 64.1 Å². The monoisotopic (exact) mass is 237 g/mol. The highest BCUT2D eigenvalue weighted by molar-refractivity contribution is 5.69. The molecule has 1 aromatic heterocycles. The zero-order valence-corrected chi connectivity index (χ0v) is 10.6. The van der Waals surface area contributed by atoms with Crippen LogP contribution in [0.2, 0.25) is 0 Å². The van der Waals surface area contributed by atoms with Crippen LogP contribution in [-0.4, -0.2) is 28.6 Å². The van der Waals surface area contributed by atoms with E-state index in [1.807, 2.05) is 13.8 Å². The van der Waals surface area contributed by atoms with Crippen molar-refractivity contribution >= 4 is 11.9 Å². The fourth-order valence-electron chi connectivity index (χ4n) is 1.33. The fourth-order valence-corrected chi connectivity index (χ4v) is 1.33. The number of aromatic nitrogens is 2. The Morgan fingerprint density at radius 1 is 1.47 bits per heavy atom. The molecule has 0 aliphatic rings. The van der Waals surface area contributed by atoms with Gasteiger partial charge in [-0.25, -0.2) is 9.97 Å². The first-order valence-electron chi connectivity index (χ1n) is 5.82. The summed E-state index contributed by atoms with van der Waals surface area (Å²) >= 11 is 0. The van der Waals surface area contributed by atoms with Crippen molar-refractivity contribution in [3.05, 3.63) is 18.0 Å². The van der Waals surface area contributed by atoms with Gasteiger partial charge >= 0.3 is 5.97 Å². The number of aryl methyl sites for hydroxylation is 1. The molecule has 1 rings (SSSR count). The van der Waals surface area contributed by atoms with Crippen molar-refractivity contribution in [2.45, 2.75) is 39.7 Å². The quantitative estimate of drug-likeness (QED) is 0.766. The smallest absolute Gasteiger partial charge is 0.305 e. The summed E-state index contributed by atoms with van der Waals surface area (Å²) in [5, 5.41) is 3.14. The lowest BCUT2D eigenvalue weighted by Crippen LogP contribution is -2.19. The zero-order chi connectivity index (χ0) is 12.7. The average molecular weight is 237 g/mol. The third-order valence-electron chi connectivity index (χ3n) is 2.24. The maximum Gasteiger partial charge on any atom is 0.305 e. The first-order valence-corrected chi connectivity index (χ1v) is 5.82. The molecule has 0 spiro atoms. The largest absolute Gasteiger partial charge is 0.466 e. The Hall–Kier alpha value is -1.65. The number of ether oxygens (including phenoxy) is 1. The number of nitrogens with one attached hydrogen (secondary N) is 1. The number of anilines is 1. The van der Waals surface area contributed by atoms with E-state index in [1.54, 1.807) is 19.3 Å². The van der Waals surface area contributed by atoms with Crippen molar-refractivity contribution in [1.29, 1.82) is 0 Å². The fraction of sp³-hybridized carbons (Fsp3) is 0.583. The summed E-state index contributed by atoms with van der Waals surface area (Å²) in [6.45, 7) is 6.16. The molecular weight excluding hydrogens is 218 g/mol. The highest BCUT2D eigenvalue weighted by atomic mass is 16.5. The van der Waals surface area contributed by atoms with Gasteiger partial charge in [0.2, 0.25) is 5.95 Å². The predicted molar refractivity (Wildman–Crippen MR) is 65.7 cm³/mol. The molecular formula is C12H19N3O2. The highest BCUT2D eigenvalue weighted by Crippen LogP contribution is 2.05. The van der Waals surface area contributed by atoms with E-state index >= 15 is 0 Å². The number of nitrogens with zero attached hydrogens (tertiary/aromatic N) is 2. The summed E-state index contributed by atoms with van der Waals surface area (Å²) in [5.74, 6) is 0.429. The first kappa shape index (κ1) is 13.4. The molecule has 94 valence electrons. The van der Waals surface area contributed by atoms with Crippen molar-refractivity contribution in [1.82, 2.24) is 9.97 Å². The van der Waals surface area contributed by atoms with E-state index in [0.717, 1.165) is 5.56 Å². The van der Waals surface area contributed by atoms with Gasteiger partial charge < -0.3 is 10.1 Å². The minimum Gasteiger partial charge on any atom is -0.466 e. The molecule has 1 aromatic rings. The highest BCUT2D eigenvalue weighted by Gasteiger charge is 2.08. The van der Waals surface area contributed by atoms with Gasteiger partial charge in [-0.3, -0.25) is 4.79 Å². The maximum atomic E-state index is 11.2. The van der Waals surface area contributed by atoms with Gasteiger partial charge in [-0.1, -0.05) is 0 Å². The SMILES string of the molecule is CCOC(=O)CCC(C)Nc1ncc(C)cn1. The van der Waals surface area contributed by atoms with Crippen LogP contribution in [0, 0.1) is 6.92 Å². The van der Waals surface area contributed by atoms with Crippen LogP contribution < -0.4 is 5.32 Å². The minimum atomic E-state index is -0.161. The Bertz CT molecular complexity index is 351. The lowest BCUT2D eigenvalue weighted by molar-refractivity contribution is -0.143. The number of carbonyl (C=O) groups excluding carboxylic acids is 1. The van der Waals surface area contributed by atoms with Crippen LogP contribution in [0.25, 0.3) is 0 Å². The van der Waals surface area contributed by atoms with E-state index in [-0.39, 0.29) is 12.0 Å². The van der Waals surface area contributed by atoms with Crippen molar-refractivity contribution in [2.75, 3.05) is 11.9 Å². The van der Waals surface area contributed by atoms with Crippen molar-refractivity contribution in [3.8, 4) is 0 Å². The molecule has 0 amide bonds. The van der Waals surface area contributed by atoms with Crippen molar-refractivity contribution in [2.24, 2.45) is 0 Å². The van der Waals surface area contributed by atoms with Gasteiger partial charge in [0.15, 0.2) is 0 Å². The van der Waals surface area contributed by atoms with Gasteiger partial charge in [-0.2, -0.15) is 0 Å². The van der Waals surface area contributed by atoms with E-state index in [9.17, 15) is 4.79 Å². The third kappa shape index (κ3) is 5.29. The first-order chi connectivity index (χ1) is 8.11. The van der Waals surface area contributed by atoms with Gasteiger partial charge in [0.25, 0.3) is 0 Å². The number of esters is 1. The summed E-state index contributed by atoms with van der Waals surface area (Å²) in [5.41, 5.74) is 1.02. The van der Waals surface area contributed by atoms with Crippen LogP contribution in [-0.2, 0) is 9.53 Å². The molecule has 5 nitrogen and oxygen atoms in total. The second-order valence-electron chi connectivity index (χ2n) is 3.97. The second kappa shape index (κ2) is 6.83. The molecule has 1 unspecified atom stereocenters. The third-order valence-corrected chi connectivity index (χ3v) is 2.24. The van der Waals surface area contributed by atoms with Crippen LogP contribution in [0.4, 0.5) is 5.95 Å². The Morgan fingerprint density at radius 3 is 2.71 bits per heavy atom. The second-order valence-corrected chi connectivity index (χ2v) is 3.97. The van der Waals surface area contributed by atoms with Crippen LogP contribution in [0.5, 0.6) is 0 Å². The summed E-state index contributed by atoms with van der Waals surface area (Å²) < 4.78 is 4.86. The van der Waals surface area contributed by atoms with Crippen LogP contribution in [0.15, 0.2) is 12.4 Å². The molecule has 0 saturated carbocycles. The van der Waals surface area contributed by atoms with Gasteiger partial charge in [0.1, 0.15) is 0 Å². The van der Waals surface area contributed by atoms with Crippen LogP contribution in [0.3, 0.4) is 0 Å². The van der Waals surface area contributed by atoms with Gasteiger partial charge in [-0.15, -0.1) is 0 Å². The number of hydrogen-bond acceptors (Lipinski definition) is 5. The minimum absolute atomic E-state index is 0.141. The van der Waals surface area contributed by atoms with Gasteiger partial charge in [0.05, 0.1) is 6.61 Å². The lowest BCUT2D eigenvalue weighted by Gasteiger charge is -2.12. The normalized spacial score (nSPS) is 11.9. The van der Waals surface area contributed by atoms with Crippen LogP contribution in [0.1, 0.15) is 32.3 Å². The molecule has 0 aliphatic heterocycles. The standard InChI is InChI=1S/C12H19N3O2/c1-4-17-11(16)6-5-10(3)15-12-13-7-9(2)8-14-12/h7-8,10H,4-6H2,1-3H3,(H,13,14,15). The molecule has 1 N–H and O–H groups in total. The Balaban J connectivity index is 2.31. The summed E-state index contributed by atoms with van der Waals surface area (Å²) in [7, 11) is 0. The Labute approximate surface area is 102 Å². The van der Waals surface area contributed by atoms with E-state index in [1.165, 1.54) is 0 Å². The van der Waals surface area contributed by atoms with Crippen molar-refractivity contribution < 1.29 is 9.53 Å².